The van der Waals surface area contributed by atoms with Crippen LogP contribution < -0.4 is 4.52 Å². The van der Waals surface area contributed by atoms with Crippen molar-refractivity contribution in [2.45, 2.75) is 88.2 Å². The van der Waals surface area contributed by atoms with Crippen molar-refractivity contribution >= 4 is 51.7 Å². The first-order valence-electron chi connectivity index (χ1n) is 15.7. The van der Waals surface area contributed by atoms with Crippen LogP contribution >= 0.6 is 8.24 Å². The smallest absolute Gasteiger partial charge is 0.387 e. The first-order chi connectivity index (χ1) is 21.5. The number of benzene rings is 4. The van der Waals surface area contributed by atoms with Crippen molar-refractivity contribution in [1.82, 2.24) is 0 Å². The Hall–Kier alpha value is -2.94. The summed E-state index contributed by atoms with van der Waals surface area (Å²) in [5.74, 6) is -1.36. The number of hydrogen-bond donors (Lipinski definition) is 0. The highest BCUT2D eigenvalue weighted by atomic mass is 31.1. The van der Waals surface area contributed by atoms with E-state index in [4.69, 9.17) is 36.6 Å². The molecule has 3 aliphatic heterocycles. The highest BCUT2D eigenvalue weighted by Gasteiger charge is 2.61. The van der Waals surface area contributed by atoms with E-state index < -0.39 is 44.4 Å². The van der Waals surface area contributed by atoms with Gasteiger partial charge in [0.1, 0.15) is 35.6 Å². The van der Waals surface area contributed by atoms with Crippen molar-refractivity contribution in [3.05, 3.63) is 72.8 Å². The summed E-state index contributed by atoms with van der Waals surface area (Å²) < 4.78 is 52.3. The summed E-state index contributed by atoms with van der Waals surface area (Å²) in [5.41, 5.74) is 1.43. The molecule has 228 valence electrons. The summed E-state index contributed by atoms with van der Waals surface area (Å²) in [4.78, 5) is 0. The van der Waals surface area contributed by atoms with Crippen LogP contribution in [0.25, 0.3) is 43.5 Å². The van der Waals surface area contributed by atoms with Crippen LogP contribution in [0.4, 0.5) is 0 Å². The Balaban J connectivity index is 1.20. The fraction of sp³-hybridized carbons (Fsp3) is 0.429. The SMILES string of the molecule is CC1(C)OC[C@@H]([C@H]2O[C@@H]3OC4(CCCCC4)O[C@@H]3[C@@H]2Op2oc3ccc4ccccc4c3c3c(ccc4ccccc43)o2)O1. The molecule has 4 fully saturated rings. The molecule has 4 aliphatic rings. The molecule has 4 aromatic carbocycles. The Morgan fingerprint density at radius 1 is 0.705 bits per heavy atom. The fourth-order valence-electron chi connectivity index (χ4n) is 7.47. The first kappa shape index (κ1) is 27.4. The van der Waals surface area contributed by atoms with Crippen LogP contribution in [0.5, 0.6) is 0 Å². The largest absolute Gasteiger partial charge is 0.399 e. The van der Waals surface area contributed by atoms with Gasteiger partial charge in [-0.2, -0.15) is 0 Å². The molecule has 44 heavy (non-hydrogen) atoms. The monoisotopic (exact) mass is 614 g/mol. The summed E-state index contributed by atoms with van der Waals surface area (Å²) in [5, 5.41) is 6.44. The predicted octanol–water partition coefficient (Wildman–Crippen LogP) is 8.35. The zero-order valence-corrected chi connectivity index (χ0v) is 25.7. The first-order valence-corrected chi connectivity index (χ1v) is 16.7. The second-order valence-electron chi connectivity index (χ2n) is 12.8. The molecule has 0 unspecified atom stereocenters. The molecule has 5 atom stereocenters. The van der Waals surface area contributed by atoms with Gasteiger partial charge in [0.15, 0.2) is 17.9 Å². The van der Waals surface area contributed by atoms with Gasteiger partial charge in [-0.1, -0.05) is 67.1 Å². The van der Waals surface area contributed by atoms with Gasteiger partial charge < -0.3 is 32.1 Å². The molecule has 9 heteroatoms. The summed E-state index contributed by atoms with van der Waals surface area (Å²) in [6.45, 7) is 4.20. The number of ether oxygens (including phenoxy) is 5. The number of rotatable bonds is 3. The van der Waals surface area contributed by atoms with Crippen LogP contribution in [0, 0.1) is 0 Å². The molecule has 1 spiro atoms. The molecule has 3 saturated heterocycles. The van der Waals surface area contributed by atoms with Gasteiger partial charge in [-0.05, 0) is 60.4 Å². The lowest BCUT2D eigenvalue weighted by molar-refractivity contribution is -0.253. The Morgan fingerprint density at radius 3 is 1.95 bits per heavy atom. The van der Waals surface area contributed by atoms with E-state index >= 15 is 0 Å². The minimum atomic E-state index is -1.92. The maximum Gasteiger partial charge on any atom is 0.387 e. The van der Waals surface area contributed by atoms with E-state index in [0.717, 1.165) is 58.0 Å². The van der Waals surface area contributed by atoms with E-state index in [1.807, 2.05) is 26.0 Å². The van der Waals surface area contributed by atoms with Crippen LogP contribution in [-0.4, -0.2) is 48.9 Å². The standard InChI is InChI=1S/C35H35O8P/c1-34(2)36-20-27(38-34)30-31(32-33(37-30)40-35(39-32)18-8-3-9-19-35)43-44-41-25-16-14-21-10-4-6-12-23(21)28(25)29-24-13-7-5-11-22(24)15-17-26(29)42-44/h4-7,10-17,27,30-33H,3,8-9,18-20H2,1-2H3/t27-,30+,31+,32+,33+/m0/s1. The fourth-order valence-corrected chi connectivity index (χ4v) is 8.66. The second kappa shape index (κ2) is 10.3. The summed E-state index contributed by atoms with van der Waals surface area (Å²) in [6.07, 6.45) is 2.60. The zero-order chi connectivity index (χ0) is 29.5. The van der Waals surface area contributed by atoms with Gasteiger partial charge in [0, 0.05) is 23.6 Å². The summed E-state index contributed by atoms with van der Waals surface area (Å²) in [6, 6.07) is 24.9. The number of hydrogen-bond acceptors (Lipinski definition) is 8. The van der Waals surface area contributed by atoms with Gasteiger partial charge in [0.25, 0.3) is 0 Å². The molecule has 0 radical (unpaired) electrons. The highest BCUT2D eigenvalue weighted by molar-refractivity contribution is 7.31. The van der Waals surface area contributed by atoms with E-state index in [0.29, 0.717) is 17.8 Å². The maximum atomic E-state index is 6.87. The van der Waals surface area contributed by atoms with Crippen molar-refractivity contribution < 1.29 is 36.6 Å². The normalized spacial score (nSPS) is 29.3. The lowest BCUT2D eigenvalue weighted by Crippen LogP contribution is -2.46. The van der Waals surface area contributed by atoms with Gasteiger partial charge in [0.2, 0.25) is 0 Å². The number of fused-ring (bicyclic) bond motifs is 8. The minimum absolute atomic E-state index is 0.357. The molecule has 1 aromatic heterocycles. The molecule has 4 heterocycles. The van der Waals surface area contributed by atoms with Gasteiger partial charge in [-0.15, -0.1) is 0 Å². The van der Waals surface area contributed by atoms with E-state index in [9.17, 15) is 0 Å². The molecule has 8 nitrogen and oxygen atoms in total. The topological polar surface area (TPSA) is 81.7 Å². The Labute approximate surface area is 255 Å². The second-order valence-corrected chi connectivity index (χ2v) is 13.8. The molecule has 0 amide bonds. The van der Waals surface area contributed by atoms with Crippen LogP contribution in [0.1, 0.15) is 46.0 Å². The molecular weight excluding hydrogens is 579 g/mol. The Kier molecular flexibility index (Phi) is 6.40. The van der Waals surface area contributed by atoms with Gasteiger partial charge in [0.05, 0.1) is 6.61 Å². The third-order valence-electron chi connectivity index (χ3n) is 9.49. The lowest BCUT2D eigenvalue weighted by atomic mass is 9.94. The Morgan fingerprint density at radius 2 is 1.34 bits per heavy atom. The molecule has 0 N–H and O–H groups in total. The van der Waals surface area contributed by atoms with E-state index in [-0.39, 0.29) is 6.10 Å². The van der Waals surface area contributed by atoms with Crippen molar-refractivity contribution in [2.75, 3.05) is 6.61 Å². The predicted molar refractivity (Wildman–Crippen MR) is 167 cm³/mol. The molecular formula is C35H35O8P. The minimum Gasteiger partial charge on any atom is -0.399 e. The van der Waals surface area contributed by atoms with Crippen molar-refractivity contribution in [1.29, 1.82) is 0 Å². The maximum absolute atomic E-state index is 6.87. The molecule has 1 saturated carbocycles. The van der Waals surface area contributed by atoms with Gasteiger partial charge in [-0.25, -0.2) is 0 Å². The van der Waals surface area contributed by atoms with Crippen LogP contribution in [0.3, 0.4) is 0 Å². The van der Waals surface area contributed by atoms with Gasteiger partial charge in [-0.3, -0.25) is 4.52 Å². The highest BCUT2D eigenvalue weighted by Crippen LogP contribution is 2.49. The van der Waals surface area contributed by atoms with Crippen LogP contribution in [0.15, 0.2) is 81.2 Å². The summed E-state index contributed by atoms with van der Waals surface area (Å²) in [7, 11) is -1.92. The third-order valence-corrected chi connectivity index (χ3v) is 10.6. The zero-order valence-electron chi connectivity index (χ0n) is 24.8. The van der Waals surface area contributed by atoms with Crippen LogP contribution in [0.2, 0.25) is 0 Å². The Bertz CT molecular complexity index is 1830. The van der Waals surface area contributed by atoms with Crippen LogP contribution in [-0.2, 0) is 23.7 Å². The van der Waals surface area contributed by atoms with Crippen molar-refractivity contribution in [3.8, 4) is 0 Å². The third kappa shape index (κ3) is 4.51. The average molecular weight is 615 g/mol. The van der Waals surface area contributed by atoms with E-state index in [1.54, 1.807) is 0 Å². The van der Waals surface area contributed by atoms with E-state index in [2.05, 4.69) is 60.7 Å². The lowest BCUT2D eigenvalue weighted by Gasteiger charge is -2.34. The van der Waals surface area contributed by atoms with Gasteiger partial charge >= 0.3 is 8.24 Å². The van der Waals surface area contributed by atoms with Crippen molar-refractivity contribution in [2.24, 2.45) is 0 Å². The van der Waals surface area contributed by atoms with Crippen molar-refractivity contribution in [3.63, 3.8) is 0 Å². The molecule has 1 aliphatic carbocycles. The average Bonchev–Trinajstić information content (AvgIpc) is 3.63. The quantitative estimate of drug-likeness (QED) is 0.201. The summed E-state index contributed by atoms with van der Waals surface area (Å²) >= 11 is 0. The van der Waals surface area contributed by atoms with E-state index in [1.165, 1.54) is 6.42 Å². The molecule has 9 rings (SSSR count). The molecule has 0 bridgehead atoms. The molecule has 5 aromatic rings.